The Labute approximate surface area is 114 Å². The van der Waals surface area contributed by atoms with Crippen LogP contribution in [0.15, 0.2) is 22.7 Å². The second kappa shape index (κ2) is 5.25. The number of ether oxygens (including phenoxy) is 1. The molecular formula is C13H17BrFNO2. The minimum atomic E-state index is -0.661. The third kappa shape index (κ3) is 2.32. The molecule has 0 amide bonds. The van der Waals surface area contributed by atoms with E-state index >= 15 is 0 Å². The Morgan fingerprint density at radius 1 is 1.61 bits per heavy atom. The zero-order chi connectivity index (χ0) is 13.3. The van der Waals surface area contributed by atoms with Crippen molar-refractivity contribution in [1.82, 2.24) is 0 Å². The zero-order valence-corrected chi connectivity index (χ0v) is 11.8. The normalized spacial score (nSPS) is 31.8. The van der Waals surface area contributed by atoms with Crippen molar-refractivity contribution in [1.29, 1.82) is 0 Å². The smallest absolute Gasteiger partial charge is 0.137 e. The molecule has 0 bridgehead atoms. The van der Waals surface area contributed by atoms with Crippen molar-refractivity contribution < 1.29 is 14.2 Å². The van der Waals surface area contributed by atoms with Crippen molar-refractivity contribution in [3.8, 4) is 0 Å². The molecule has 3 atom stereocenters. The molecule has 1 aliphatic rings. The Bertz CT molecular complexity index is 443. The minimum Gasteiger partial charge on any atom is -0.396 e. The summed E-state index contributed by atoms with van der Waals surface area (Å²) in [5.41, 5.74) is 6.60. The van der Waals surface area contributed by atoms with E-state index in [4.69, 9.17) is 10.5 Å². The molecule has 3 unspecified atom stereocenters. The highest BCUT2D eigenvalue weighted by molar-refractivity contribution is 9.10. The Morgan fingerprint density at radius 3 is 2.89 bits per heavy atom. The standard InChI is InChI=1S/C13H17BrFNO2/c1-18-10-4-9(7-17)13(16,6-10)8-2-3-12(15)11(14)5-8/h2-3,5,9-10,17H,4,6-7,16H2,1H3. The van der Waals surface area contributed by atoms with Gasteiger partial charge in [0, 0.05) is 25.2 Å². The fourth-order valence-corrected chi connectivity index (χ4v) is 3.09. The van der Waals surface area contributed by atoms with Crippen LogP contribution in [-0.4, -0.2) is 24.9 Å². The fraction of sp³-hybridized carbons (Fsp3) is 0.538. The van der Waals surface area contributed by atoms with Crippen molar-refractivity contribution in [2.75, 3.05) is 13.7 Å². The maximum Gasteiger partial charge on any atom is 0.137 e. The molecule has 0 aliphatic heterocycles. The molecule has 1 aromatic rings. The summed E-state index contributed by atoms with van der Waals surface area (Å²) in [6.45, 7) is 0.00531. The van der Waals surface area contributed by atoms with Gasteiger partial charge in [-0.05, 0) is 46.5 Å². The molecule has 1 aliphatic carbocycles. The quantitative estimate of drug-likeness (QED) is 0.898. The maximum absolute atomic E-state index is 13.3. The van der Waals surface area contributed by atoms with Gasteiger partial charge in [-0.3, -0.25) is 0 Å². The Hall–Kier alpha value is -0.490. The van der Waals surface area contributed by atoms with Crippen LogP contribution in [0.1, 0.15) is 18.4 Å². The lowest BCUT2D eigenvalue weighted by Gasteiger charge is -2.31. The van der Waals surface area contributed by atoms with E-state index in [1.165, 1.54) is 6.07 Å². The van der Waals surface area contributed by atoms with Crippen LogP contribution < -0.4 is 5.73 Å². The average molecular weight is 318 g/mol. The third-order valence-electron chi connectivity index (χ3n) is 3.85. The van der Waals surface area contributed by atoms with Gasteiger partial charge >= 0.3 is 0 Å². The van der Waals surface area contributed by atoms with E-state index in [-0.39, 0.29) is 24.4 Å². The summed E-state index contributed by atoms with van der Waals surface area (Å²) in [5, 5.41) is 9.48. The van der Waals surface area contributed by atoms with Gasteiger partial charge in [0.2, 0.25) is 0 Å². The number of rotatable bonds is 3. The SMILES string of the molecule is COC1CC(CO)C(N)(c2ccc(F)c(Br)c2)C1. The summed E-state index contributed by atoms with van der Waals surface area (Å²) in [4.78, 5) is 0. The van der Waals surface area contributed by atoms with Gasteiger partial charge in [0.15, 0.2) is 0 Å². The second-order valence-corrected chi connectivity index (χ2v) is 5.70. The molecule has 2 rings (SSSR count). The van der Waals surface area contributed by atoms with E-state index < -0.39 is 5.54 Å². The van der Waals surface area contributed by atoms with Crippen LogP contribution in [0.4, 0.5) is 4.39 Å². The van der Waals surface area contributed by atoms with Crippen LogP contribution in [0.2, 0.25) is 0 Å². The van der Waals surface area contributed by atoms with E-state index in [9.17, 15) is 9.50 Å². The molecule has 1 saturated carbocycles. The summed E-state index contributed by atoms with van der Waals surface area (Å²) in [6.07, 6.45) is 1.39. The van der Waals surface area contributed by atoms with Gasteiger partial charge in [-0.15, -0.1) is 0 Å². The number of hydrogen-bond donors (Lipinski definition) is 2. The zero-order valence-electron chi connectivity index (χ0n) is 10.2. The number of aliphatic hydroxyl groups excluding tert-OH is 1. The average Bonchev–Trinajstić information content (AvgIpc) is 2.70. The molecule has 0 heterocycles. The number of methoxy groups -OCH3 is 1. The van der Waals surface area contributed by atoms with Crippen LogP contribution >= 0.6 is 15.9 Å². The predicted molar refractivity (Wildman–Crippen MR) is 70.6 cm³/mol. The molecule has 0 saturated heterocycles. The summed E-state index contributed by atoms with van der Waals surface area (Å²) < 4.78 is 19.0. The first-order chi connectivity index (χ1) is 8.51. The summed E-state index contributed by atoms with van der Waals surface area (Å²) in [5.74, 6) is -0.385. The first-order valence-electron chi connectivity index (χ1n) is 5.89. The predicted octanol–water partition coefficient (Wildman–Crippen LogP) is 2.16. The second-order valence-electron chi connectivity index (χ2n) is 4.85. The number of hydrogen-bond acceptors (Lipinski definition) is 3. The molecule has 100 valence electrons. The molecule has 5 heteroatoms. The molecule has 0 spiro atoms. The van der Waals surface area contributed by atoms with E-state index in [1.807, 2.05) is 0 Å². The van der Waals surface area contributed by atoms with Crippen LogP contribution in [0.3, 0.4) is 0 Å². The topological polar surface area (TPSA) is 55.5 Å². The van der Waals surface area contributed by atoms with E-state index in [0.29, 0.717) is 10.9 Å². The lowest BCUT2D eigenvalue weighted by Crippen LogP contribution is -2.42. The van der Waals surface area contributed by atoms with Gasteiger partial charge in [-0.1, -0.05) is 6.07 Å². The number of aliphatic hydroxyl groups is 1. The van der Waals surface area contributed by atoms with Crippen LogP contribution in [0.25, 0.3) is 0 Å². The summed E-state index contributed by atoms with van der Waals surface area (Å²) in [6, 6.07) is 4.76. The molecule has 0 radical (unpaired) electrons. The molecular weight excluding hydrogens is 301 g/mol. The first kappa shape index (κ1) is 13.9. The third-order valence-corrected chi connectivity index (χ3v) is 4.46. The van der Waals surface area contributed by atoms with Crippen LogP contribution in [-0.2, 0) is 10.3 Å². The fourth-order valence-electron chi connectivity index (χ4n) is 2.71. The van der Waals surface area contributed by atoms with Crippen LogP contribution in [0.5, 0.6) is 0 Å². The molecule has 3 nitrogen and oxygen atoms in total. The van der Waals surface area contributed by atoms with Gasteiger partial charge in [0.1, 0.15) is 5.82 Å². The minimum absolute atomic E-state index is 0.00531. The van der Waals surface area contributed by atoms with Crippen molar-refractivity contribution in [2.24, 2.45) is 11.7 Å². The van der Waals surface area contributed by atoms with E-state index in [1.54, 1.807) is 19.2 Å². The highest BCUT2D eigenvalue weighted by Crippen LogP contribution is 2.43. The van der Waals surface area contributed by atoms with Gasteiger partial charge in [-0.2, -0.15) is 0 Å². The summed E-state index contributed by atoms with van der Waals surface area (Å²) >= 11 is 3.17. The molecule has 0 aromatic heterocycles. The van der Waals surface area contributed by atoms with E-state index in [0.717, 1.165) is 12.0 Å². The molecule has 1 fully saturated rings. The molecule has 18 heavy (non-hydrogen) atoms. The Kier molecular flexibility index (Phi) is 4.06. The Morgan fingerprint density at radius 2 is 2.33 bits per heavy atom. The summed E-state index contributed by atoms with van der Waals surface area (Å²) in [7, 11) is 1.64. The van der Waals surface area contributed by atoms with E-state index in [2.05, 4.69) is 15.9 Å². The lowest BCUT2D eigenvalue weighted by atomic mass is 9.82. The van der Waals surface area contributed by atoms with Gasteiger partial charge < -0.3 is 15.6 Å². The van der Waals surface area contributed by atoms with Crippen molar-refractivity contribution >= 4 is 15.9 Å². The Balaban J connectivity index is 2.36. The van der Waals surface area contributed by atoms with Gasteiger partial charge in [-0.25, -0.2) is 4.39 Å². The number of nitrogens with two attached hydrogens (primary N) is 1. The highest BCUT2D eigenvalue weighted by atomic mass is 79.9. The maximum atomic E-state index is 13.3. The molecule has 3 N–H and O–H groups in total. The monoisotopic (exact) mass is 317 g/mol. The van der Waals surface area contributed by atoms with Crippen LogP contribution in [0, 0.1) is 11.7 Å². The van der Waals surface area contributed by atoms with Crippen molar-refractivity contribution in [2.45, 2.75) is 24.5 Å². The number of benzene rings is 1. The number of halogens is 2. The van der Waals surface area contributed by atoms with Gasteiger partial charge in [0.05, 0.1) is 10.6 Å². The van der Waals surface area contributed by atoms with Gasteiger partial charge in [0.25, 0.3) is 0 Å². The molecule has 1 aromatic carbocycles. The van der Waals surface area contributed by atoms with Crippen molar-refractivity contribution in [3.05, 3.63) is 34.1 Å². The van der Waals surface area contributed by atoms with Crippen molar-refractivity contribution in [3.63, 3.8) is 0 Å². The largest absolute Gasteiger partial charge is 0.396 e. The lowest BCUT2D eigenvalue weighted by molar-refractivity contribution is 0.0996. The first-order valence-corrected chi connectivity index (χ1v) is 6.68. The highest BCUT2D eigenvalue weighted by Gasteiger charge is 2.45.